The van der Waals surface area contributed by atoms with Gasteiger partial charge in [-0.25, -0.2) is 8.42 Å². The number of hydrogen-bond donors (Lipinski definition) is 3. The number of carboxylic acid groups (broad SMARTS) is 1. The smallest absolute Gasteiger partial charge is 0.322 e. The lowest BCUT2D eigenvalue weighted by molar-refractivity contribution is -0.140. The average molecular weight is 549 g/mol. The van der Waals surface area contributed by atoms with E-state index in [1.807, 2.05) is 0 Å². The van der Waals surface area contributed by atoms with Crippen molar-refractivity contribution in [2.75, 3.05) is 5.32 Å². The van der Waals surface area contributed by atoms with Crippen LogP contribution in [0, 0.1) is 12.8 Å². The molecule has 1 heterocycles. The summed E-state index contributed by atoms with van der Waals surface area (Å²) in [5.41, 5.74) is 3.57. The number of hydrogen-bond acceptors (Lipinski definition) is 6. The fourth-order valence-electron chi connectivity index (χ4n) is 4.28. The van der Waals surface area contributed by atoms with Gasteiger partial charge in [-0.05, 0) is 61.2 Å². The summed E-state index contributed by atoms with van der Waals surface area (Å²) >= 11 is 0. The van der Waals surface area contributed by atoms with Crippen molar-refractivity contribution >= 4 is 44.3 Å². The lowest BCUT2D eigenvalue weighted by Crippen LogP contribution is -2.44. The number of benzene rings is 3. The Kier molecular flexibility index (Phi) is 7.71. The van der Waals surface area contributed by atoms with E-state index in [9.17, 15) is 27.9 Å². The normalized spacial score (nSPS) is 12.4. The van der Waals surface area contributed by atoms with Gasteiger partial charge in [0.25, 0.3) is 5.91 Å². The summed E-state index contributed by atoms with van der Waals surface area (Å²) in [4.78, 5) is 36.3. The van der Waals surface area contributed by atoms with E-state index in [4.69, 9.17) is 4.42 Å². The number of aryl methyl sites for hydroxylation is 1. The zero-order chi connectivity index (χ0) is 28.5. The van der Waals surface area contributed by atoms with Gasteiger partial charge >= 0.3 is 5.97 Å². The largest absolute Gasteiger partial charge is 0.480 e. The van der Waals surface area contributed by atoms with Gasteiger partial charge < -0.3 is 14.8 Å². The van der Waals surface area contributed by atoms with E-state index in [0.717, 1.165) is 11.1 Å². The number of carbonyl (C=O) groups is 3. The lowest BCUT2D eigenvalue weighted by atomic mass is 10.0. The number of aliphatic carboxylic acids is 1. The minimum absolute atomic E-state index is 0.0452. The van der Waals surface area contributed by atoms with E-state index in [1.54, 1.807) is 75.4 Å². The summed E-state index contributed by atoms with van der Waals surface area (Å²) in [7, 11) is -4.02. The Morgan fingerprint density at radius 3 is 2.03 bits per heavy atom. The molecule has 0 saturated carbocycles. The summed E-state index contributed by atoms with van der Waals surface area (Å²) < 4.78 is 33.3. The molecule has 0 bridgehead atoms. The van der Waals surface area contributed by atoms with E-state index < -0.39 is 33.9 Å². The molecule has 1 amide bonds. The first-order chi connectivity index (χ1) is 18.4. The highest BCUT2D eigenvalue weighted by molar-refractivity contribution is 7.89. The van der Waals surface area contributed by atoms with Crippen molar-refractivity contribution in [3.05, 3.63) is 83.6 Å². The van der Waals surface area contributed by atoms with Crippen molar-refractivity contribution < 1.29 is 32.3 Å². The van der Waals surface area contributed by atoms with Gasteiger partial charge in [-0.1, -0.05) is 50.2 Å². The zero-order valence-corrected chi connectivity index (χ0v) is 22.6. The molecule has 0 saturated heterocycles. The Hall–Kier alpha value is -4.28. The number of ketones is 1. The number of furan rings is 1. The summed E-state index contributed by atoms with van der Waals surface area (Å²) in [5, 5.41) is 12.7. The summed E-state index contributed by atoms with van der Waals surface area (Å²) in [6, 6.07) is 16.9. The van der Waals surface area contributed by atoms with Crippen LogP contribution in [0.15, 0.2) is 76.0 Å². The maximum absolute atomic E-state index is 12.9. The van der Waals surface area contributed by atoms with Gasteiger partial charge in [-0.2, -0.15) is 4.72 Å². The minimum atomic E-state index is -4.02. The third-order valence-corrected chi connectivity index (χ3v) is 7.85. The molecule has 10 heteroatoms. The van der Waals surface area contributed by atoms with Crippen molar-refractivity contribution in [2.24, 2.45) is 5.92 Å². The molecule has 0 fully saturated rings. The highest BCUT2D eigenvalue weighted by Gasteiger charge is 2.28. The molecule has 0 aliphatic carbocycles. The second-order valence-corrected chi connectivity index (χ2v) is 11.2. The predicted octanol–water partition coefficient (Wildman–Crippen LogP) is 5.25. The van der Waals surface area contributed by atoms with Crippen molar-refractivity contribution in [1.29, 1.82) is 0 Å². The van der Waals surface area contributed by atoms with Crippen LogP contribution in [0.2, 0.25) is 0 Å². The van der Waals surface area contributed by atoms with Gasteiger partial charge in [-0.15, -0.1) is 0 Å². The monoisotopic (exact) mass is 548 g/mol. The number of anilines is 1. The molecule has 0 aliphatic rings. The molecule has 9 nitrogen and oxygen atoms in total. The van der Waals surface area contributed by atoms with Crippen LogP contribution in [-0.2, 0) is 14.8 Å². The average Bonchev–Trinajstić information content (AvgIpc) is 3.24. The number of carbonyl (C=O) groups excluding carboxylic acids is 2. The molecule has 1 aromatic heterocycles. The van der Waals surface area contributed by atoms with E-state index >= 15 is 0 Å². The molecule has 3 aromatic carbocycles. The van der Waals surface area contributed by atoms with Gasteiger partial charge in [0, 0.05) is 22.2 Å². The Morgan fingerprint density at radius 2 is 1.49 bits per heavy atom. The topological polar surface area (TPSA) is 143 Å². The highest BCUT2D eigenvalue weighted by Crippen LogP contribution is 2.30. The van der Waals surface area contributed by atoms with E-state index in [-0.39, 0.29) is 16.4 Å². The van der Waals surface area contributed by atoms with Gasteiger partial charge in [0.05, 0.1) is 4.90 Å². The second-order valence-electron chi connectivity index (χ2n) is 9.53. The van der Waals surface area contributed by atoms with Crippen LogP contribution in [0.3, 0.4) is 0 Å². The lowest BCUT2D eigenvalue weighted by Gasteiger charge is -2.18. The summed E-state index contributed by atoms with van der Waals surface area (Å²) in [5.74, 6) is -2.11. The van der Waals surface area contributed by atoms with Gasteiger partial charge in [0.15, 0.2) is 11.5 Å². The molecule has 4 aromatic rings. The first kappa shape index (κ1) is 27.7. The fraction of sp³-hybridized carbons (Fsp3) is 0.207. The number of carboxylic acids is 1. The van der Waals surface area contributed by atoms with Crippen LogP contribution in [0.1, 0.15) is 47.2 Å². The quantitative estimate of drug-likeness (QED) is 0.242. The van der Waals surface area contributed by atoms with E-state index in [1.165, 1.54) is 19.1 Å². The Labute approximate surface area is 225 Å². The Bertz CT molecular complexity index is 1670. The van der Waals surface area contributed by atoms with E-state index in [0.29, 0.717) is 27.8 Å². The predicted molar refractivity (Wildman–Crippen MR) is 147 cm³/mol. The second kappa shape index (κ2) is 10.8. The molecule has 39 heavy (non-hydrogen) atoms. The van der Waals surface area contributed by atoms with Crippen LogP contribution in [0.4, 0.5) is 5.69 Å². The SMILES string of the molecule is CC(=O)c1cccc2oc(C(=O)Nc3ccc(-c4ccc(S(=O)(=O)N[C@@H](C(=O)O)C(C)C)cc4)cc3)c(C)c12. The van der Waals surface area contributed by atoms with Crippen LogP contribution in [0.25, 0.3) is 22.1 Å². The zero-order valence-electron chi connectivity index (χ0n) is 21.8. The molecular formula is C29H28N2O7S. The number of nitrogens with one attached hydrogen (secondary N) is 2. The number of sulfonamides is 1. The number of fused-ring (bicyclic) bond motifs is 1. The number of Topliss-reactive ketones (excluding diaryl/α,β-unsaturated/α-hetero) is 1. The van der Waals surface area contributed by atoms with Crippen molar-refractivity contribution in [3.8, 4) is 11.1 Å². The molecule has 3 N–H and O–H groups in total. The van der Waals surface area contributed by atoms with Crippen molar-refractivity contribution in [2.45, 2.75) is 38.6 Å². The molecule has 0 unspecified atom stereocenters. The molecule has 0 radical (unpaired) electrons. The first-order valence-electron chi connectivity index (χ1n) is 12.2. The highest BCUT2D eigenvalue weighted by atomic mass is 32.2. The van der Waals surface area contributed by atoms with Crippen molar-refractivity contribution in [3.63, 3.8) is 0 Å². The summed E-state index contributed by atoms with van der Waals surface area (Å²) in [6.45, 7) is 6.45. The molecule has 1 atom stereocenters. The van der Waals surface area contributed by atoms with Gasteiger partial charge in [0.2, 0.25) is 10.0 Å². The first-order valence-corrected chi connectivity index (χ1v) is 13.7. The maximum Gasteiger partial charge on any atom is 0.322 e. The van der Waals surface area contributed by atoms with E-state index in [2.05, 4.69) is 10.0 Å². The van der Waals surface area contributed by atoms with Crippen LogP contribution >= 0.6 is 0 Å². The summed E-state index contributed by atoms with van der Waals surface area (Å²) in [6.07, 6.45) is 0. The third-order valence-electron chi connectivity index (χ3n) is 6.39. The van der Waals surface area contributed by atoms with Gasteiger partial charge in [0.1, 0.15) is 11.6 Å². The maximum atomic E-state index is 12.9. The molecule has 202 valence electrons. The van der Waals surface area contributed by atoms with Crippen molar-refractivity contribution in [1.82, 2.24) is 4.72 Å². The third kappa shape index (κ3) is 5.76. The van der Waals surface area contributed by atoms with Gasteiger partial charge in [-0.3, -0.25) is 14.4 Å². The van der Waals surface area contributed by atoms with Crippen LogP contribution in [-0.4, -0.2) is 37.2 Å². The Morgan fingerprint density at radius 1 is 0.897 bits per heavy atom. The molecule has 0 spiro atoms. The number of rotatable bonds is 9. The molecule has 4 rings (SSSR count). The standard InChI is InChI=1S/C29H28N2O7S/c1-16(2)26(29(34)35)31-39(36,37)22-14-10-20(11-15-22)19-8-12-21(13-9-19)30-28(33)27-17(3)25-23(18(4)32)6-5-7-24(25)38-27/h5-16,26,31H,1-4H3,(H,30,33)(H,34,35)/t26-/m1/s1. The molecule has 0 aliphatic heterocycles. The van der Waals surface area contributed by atoms with Crippen LogP contribution in [0.5, 0.6) is 0 Å². The minimum Gasteiger partial charge on any atom is -0.480 e. The Balaban J connectivity index is 1.50. The molecular weight excluding hydrogens is 520 g/mol. The number of amides is 1. The fourth-order valence-corrected chi connectivity index (χ4v) is 5.62. The van der Waals surface area contributed by atoms with Crippen LogP contribution < -0.4 is 10.0 Å².